The van der Waals surface area contributed by atoms with Gasteiger partial charge in [0.25, 0.3) is 0 Å². The lowest BCUT2D eigenvalue weighted by Crippen LogP contribution is -1.83. The van der Waals surface area contributed by atoms with E-state index in [4.69, 9.17) is 0 Å². The first-order valence-electron chi connectivity index (χ1n) is 4.60. The fourth-order valence-corrected chi connectivity index (χ4v) is 1.73. The van der Waals surface area contributed by atoms with Gasteiger partial charge in [0.2, 0.25) is 0 Å². The zero-order valence-electron chi connectivity index (χ0n) is 8.04. The molecule has 0 spiro atoms. The summed E-state index contributed by atoms with van der Waals surface area (Å²) in [5.41, 5.74) is 2.66. The van der Waals surface area contributed by atoms with Gasteiger partial charge in [-0.05, 0) is 29.7 Å². The van der Waals surface area contributed by atoms with Crippen LogP contribution >= 0.6 is 0 Å². The second kappa shape index (κ2) is 3.21. The Kier molecular flexibility index (Phi) is 2.05. The van der Waals surface area contributed by atoms with Crippen LogP contribution in [0.5, 0.6) is 0 Å². The molecule has 65 valence electrons. The molecule has 2 aromatic carbocycles. The molecular weight excluding hydrogens is 156 g/mol. The van der Waals surface area contributed by atoms with E-state index in [-0.39, 0.29) is 0 Å². The smallest absolute Gasteiger partial charge is 0.0118 e. The zero-order valence-corrected chi connectivity index (χ0v) is 8.04. The Balaban J connectivity index is 2.81. The molecule has 0 bridgehead atoms. The van der Waals surface area contributed by atoms with Crippen molar-refractivity contribution in [2.24, 2.45) is 0 Å². The predicted octanol–water partition coefficient (Wildman–Crippen LogP) is 3.72. The van der Waals surface area contributed by atoms with Gasteiger partial charge in [0.15, 0.2) is 0 Å². The molecule has 0 fully saturated rings. The fraction of sp³-hybridized carbons (Fsp3) is 0.154. The highest BCUT2D eigenvalue weighted by molar-refractivity contribution is 5.87. The van der Waals surface area contributed by atoms with Crippen LogP contribution in [0.3, 0.4) is 0 Å². The van der Waals surface area contributed by atoms with Crippen LogP contribution in [0, 0.1) is 13.3 Å². The van der Waals surface area contributed by atoms with Gasteiger partial charge >= 0.3 is 0 Å². The quantitative estimate of drug-likeness (QED) is 0.610. The topological polar surface area (TPSA) is 0 Å². The Morgan fingerprint density at radius 3 is 2.62 bits per heavy atom. The molecule has 0 N–H and O–H groups in total. The number of benzene rings is 2. The number of hydrogen-bond acceptors (Lipinski definition) is 0. The normalized spacial score (nSPS) is 10.6. The minimum Gasteiger partial charge on any atom is -0.0616 e. The van der Waals surface area contributed by atoms with Crippen molar-refractivity contribution in [3.8, 4) is 0 Å². The van der Waals surface area contributed by atoms with E-state index in [2.05, 4.69) is 56.7 Å². The molecule has 0 heteroatoms. The Hall–Kier alpha value is -1.30. The summed E-state index contributed by atoms with van der Waals surface area (Å²) in [4.78, 5) is 0. The van der Waals surface area contributed by atoms with Crippen molar-refractivity contribution in [1.82, 2.24) is 0 Å². The molecule has 0 aliphatic carbocycles. The van der Waals surface area contributed by atoms with Crippen LogP contribution in [-0.4, -0.2) is 0 Å². The lowest BCUT2D eigenvalue weighted by molar-refractivity contribution is 1.40. The van der Waals surface area contributed by atoms with E-state index in [9.17, 15) is 0 Å². The van der Waals surface area contributed by atoms with Gasteiger partial charge < -0.3 is 0 Å². The highest BCUT2D eigenvalue weighted by atomic mass is 14.0. The van der Waals surface area contributed by atoms with E-state index < -0.39 is 0 Å². The Morgan fingerprint density at radius 1 is 1.08 bits per heavy atom. The summed E-state index contributed by atoms with van der Waals surface area (Å²) in [5, 5.41) is 2.67. The average molecular weight is 169 g/mol. The molecular formula is C13H13. The minimum atomic E-state index is 1.33. The first-order chi connectivity index (χ1) is 6.31. The first kappa shape index (κ1) is 8.31. The van der Waals surface area contributed by atoms with Crippen molar-refractivity contribution in [2.75, 3.05) is 0 Å². The van der Waals surface area contributed by atoms with Crippen LogP contribution in [-0.2, 0) is 0 Å². The van der Waals surface area contributed by atoms with Crippen molar-refractivity contribution >= 4 is 10.8 Å². The summed E-state index contributed by atoms with van der Waals surface area (Å²) in [6.45, 7) is 4.22. The van der Waals surface area contributed by atoms with Gasteiger partial charge in [-0.2, -0.15) is 0 Å². The highest BCUT2D eigenvalue weighted by Crippen LogP contribution is 2.21. The molecule has 2 aromatic rings. The summed E-state index contributed by atoms with van der Waals surface area (Å²) in [7, 11) is 0. The molecule has 0 saturated carbocycles. The number of aryl methyl sites for hydroxylation is 1. The SMILES string of the molecule is C[CH]c1cc(C)cc2ccccc12. The molecule has 13 heavy (non-hydrogen) atoms. The maximum absolute atomic E-state index is 2.22. The molecule has 0 aromatic heterocycles. The molecule has 0 amide bonds. The van der Waals surface area contributed by atoms with E-state index in [1.54, 1.807) is 0 Å². The summed E-state index contributed by atoms with van der Waals surface area (Å²) in [6.07, 6.45) is 2.16. The van der Waals surface area contributed by atoms with Crippen LogP contribution in [0.25, 0.3) is 10.8 Å². The van der Waals surface area contributed by atoms with E-state index in [1.165, 1.54) is 21.9 Å². The Morgan fingerprint density at radius 2 is 1.85 bits per heavy atom. The molecule has 0 saturated heterocycles. The van der Waals surface area contributed by atoms with E-state index in [1.807, 2.05) is 0 Å². The van der Waals surface area contributed by atoms with Crippen LogP contribution in [0.1, 0.15) is 18.1 Å². The predicted molar refractivity (Wildman–Crippen MR) is 57.8 cm³/mol. The van der Waals surface area contributed by atoms with Crippen LogP contribution < -0.4 is 0 Å². The third-order valence-corrected chi connectivity index (χ3v) is 2.35. The minimum absolute atomic E-state index is 1.33. The maximum atomic E-state index is 2.22. The van der Waals surface area contributed by atoms with Crippen molar-refractivity contribution in [3.63, 3.8) is 0 Å². The summed E-state index contributed by atoms with van der Waals surface area (Å²) >= 11 is 0. The summed E-state index contributed by atoms with van der Waals surface area (Å²) in [5.74, 6) is 0. The van der Waals surface area contributed by atoms with Crippen LogP contribution in [0.15, 0.2) is 36.4 Å². The van der Waals surface area contributed by atoms with Gasteiger partial charge in [-0.25, -0.2) is 0 Å². The van der Waals surface area contributed by atoms with Crippen LogP contribution in [0.2, 0.25) is 0 Å². The van der Waals surface area contributed by atoms with Crippen molar-refractivity contribution in [2.45, 2.75) is 13.8 Å². The van der Waals surface area contributed by atoms with Crippen molar-refractivity contribution in [1.29, 1.82) is 0 Å². The Labute approximate surface area is 79.2 Å². The Bertz CT molecular complexity index is 427. The van der Waals surface area contributed by atoms with E-state index in [0.717, 1.165) is 0 Å². The lowest BCUT2D eigenvalue weighted by atomic mass is 10.00. The highest BCUT2D eigenvalue weighted by Gasteiger charge is 1.99. The van der Waals surface area contributed by atoms with E-state index >= 15 is 0 Å². The number of fused-ring (bicyclic) bond motifs is 1. The van der Waals surface area contributed by atoms with Gasteiger partial charge in [0.05, 0.1) is 0 Å². The summed E-state index contributed by atoms with van der Waals surface area (Å²) in [6, 6.07) is 13.0. The molecule has 2 rings (SSSR count). The van der Waals surface area contributed by atoms with Gasteiger partial charge in [-0.3, -0.25) is 0 Å². The molecule has 0 nitrogen and oxygen atoms in total. The van der Waals surface area contributed by atoms with Crippen molar-refractivity contribution < 1.29 is 0 Å². The number of rotatable bonds is 1. The zero-order chi connectivity index (χ0) is 9.26. The number of hydrogen-bond donors (Lipinski definition) is 0. The molecule has 0 aliphatic rings. The standard InChI is InChI=1S/C13H13/c1-3-11-8-10(2)9-12-6-4-5-7-13(11)12/h3-9H,1-2H3. The maximum Gasteiger partial charge on any atom is -0.0118 e. The molecule has 0 unspecified atom stereocenters. The molecule has 1 radical (unpaired) electrons. The first-order valence-corrected chi connectivity index (χ1v) is 4.60. The molecule has 0 aliphatic heterocycles. The van der Waals surface area contributed by atoms with Gasteiger partial charge in [0.1, 0.15) is 0 Å². The third-order valence-electron chi connectivity index (χ3n) is 2.35. The largest absolute Gasteiger partial charge is 0.0616 e. The van der Waals surface area contributed by atoms with Gasteiger partial charge in [0, 0.05) is 0 Å². The lowest BCUT2D eigenvalue weighted by Gasteiger charge is -2.05. The van der Waals surface area contributed by atoms with Gasteiger partial charge in [-0.15, -0.1) is 0 Å². The third kappa shape index (κ3) is 1.44. The van der Waals surface area contributed by atoms with Gasteiger partial charge in [-0.1, -0.05) is 48.9 Å². The summed E-state index contributed by atoms with van der Waals surface area (Å²) < 4.78 is 0. The average Bonchev–Trinajstić information content (AvgIpc) is 2.16. The van der Waals surface area contributed by atoms with Crippen LogP contribution in [0.4, 0.5) is 0 Å². The second-order valence-electron chi connectivity index (χ2n) is 3.36. The molecule has 0 heterocycles. The van der Waals surface area contributed by atoms with Crippen molar-refractivity contribution in [3.05, 3.63) is 53.9 Å². The molecule has 0 atom stereocenters. The fourth-order valence-electron chi connectivity index (χ4n) is 1.73. The second-order valence-corrected chi connectivity index (χ2v) is 3.36. The van der Waals surface area contributed by atoms with E-state index in [0.29, 0.717) is 0 Å². The monoisotopic (exact) mass is 169 g/mol.